The fraction of sp³-hybridized carbons (Fsp3) is 0.464. The normalized spacial score (nSPS) is 24.3. The van der Waals surface area contributed by atoms with Crippen molar-refractivity contribution in [3.8, 4) is 0 Å². The number of aliphatic imine (C=N–C) groups is 1. The lowest BCUT2D eigenvalue weighted by Crippen LogP contribution is -2.44. The number of aromatic nitrogens is 1. The van der Waals surface area contributed by atoms with Crippen LogP contribution in [0.4, 0.5) is 13.2 Å². The molecule has 1 amide bonds. The number of nitrogens with zero attached hydrogens (tertiary/aromatic N) is 4. The number of carboxylic acids is 1. The van der Waals surface area contributed by atoms with E-state index in [1.54, 1.807) is 31.5 Å². The second-order valence-corrected chi connectivity index (χ2v) is 11.5. The third-order valence-electron chi connectivity index (χ3n) is 7.85. The molecule has 2 fully saturated rings. The summed E-state index contributed by atoms with van der Waals surface area (Å²) in [5.74, 6) is -8.85. The van der Waals surface area contributed by atoms with Crippen LogP contribution in [0.25, 0.3) is 0 Å². The topological polar surface area (TPSA) is 124 Å². The molecular weight excluding hydrogens is 575 g/mol. The number of carbonyl (C=O) groups is 3. The molecule has 2 saturated heterocycles. The van der Waals surface area contributed by atoms with Gasteiger partial charge in [-0.1, -0.05) is 19.1 Å². The van der Waals surface area contributed by atoms with E-state index in [1.807, 2.05) is 0 Å². The maximum absolute atomic E-state index is 15.3. The van der Waals surface area contributed by atoms with Crippen LogP contribution in [0.2, 0.25) is 0 Å². The van der Waals surface area contributed by atoms with Crippen LogP contribution in [0, 0.1) is 24.6 Å². The van der Waals surface area contributed by atoms with Crippen molar-refractivity contribution in [2.75, 3.05) is 32.8 Å². The van der Waals surface area contributed by atoms with Crippen LogP contribution in [0.5, 0.6) is 0 Å². The summed E-state index contributed by atoms with van der Waals surface area (Å²) in [6.45, 7) is 3.42. The molecule has 14 heteroatoms. The molecule has 0 saturated carbocycles. The first-order chi connectivity index (χ1) is 19.9. The lowest BCUT2D eigenvalue weighted by atomic mass is 9.92. The highest BCUT2D eigenvalue weighted by Gasteiger charge is 2.62. The van der Waals surface area contributed by atoms with Crippen LogP contribution >= 0.6 is 11.3 Å². The predicted octanol–water partition coefficient (Wildman–Crippen LogP) is 3.00. The van der Waals surface area contributed by atoms with Crippen molar-refractivity contribution in [3.63, 3.8) is 0 Å². The van der Waals surface area contributed by atoms with Gasteiger partial charge in [0, 0.05) is 43.0 Å². The SMILES string of the molecule is CCOC(=O)C1=C(CN2CC(F)(F)C3C(=O)N(C[C@H](C)C(=O)O)C[C@@H]32)NC(c2nccs2)=N[C@H]1c1cccc(F)c1C. The van der Waals surface area contributed by atoms with Crippen LogP contribution in [0.1, 0.15) is 36.0 Å². The molecule has 0 bridgehead atoms. The number of amidine groups is 1. The smallest absolute Gasteiger partial charge is 0.338 e. The molecule has 1 unspecified atom stereocenters. The number of hydrogen-bond donors (Lipinski definition) is 2. The van der Waals surface area contributed by atoms with Gasteiger partial charge in [-0.3, -0.25) is 19.5 Å². The number of fused-ring (bicyclic) bond motifs is 1. The first-order valence-electron chi connectivity index (χ1n) is 13.5. The third kappa shape index (κ3) is 5.40. The number of halogens is 3. The number of esters is 1. The van der Waals surface area contributed by atoms with Crippen molar-refractivity contribution in [1.29, 1.82) is 0 Å². The van der Waals surface area contributed by atoms with Crippen molar-refractivity contribution < 1.29 is 37.4 Å². The molecule has 1 aromatic heterocycles. The van der Waals surface area contributed by atoms with Gasteiger partial charge in [-0.15, -0.1) is 11.3 Å². The number of amides is 1. The number of alkyl halides is 2. The Hall–Kier alpha value is -3.78. The third-order valence-corrected chi connectivity index (χ3v) is 8.63. The summed E-state index contributed by atoms with van der Waals surface area (Å²) in [6.07, 6.45) is 1.57. The number of thiazole rings is 1. The first-order valence-corrected chi connectivity index (χ1v) is 14.3. The van der Waals surface area contributed by atoms with E-state index in [4.69, 9.17) is 9.73 Å². The number of carboxylic acid groups (broad SMARTS) is 1. The van der Waals surface area contributed by atoms with Gasteiger partial charge >= 0.3 is 11.9 Å². The van der Waals surface area contributed by atoms with E-state index in [9.17, 15) is 23.9 Å². The molecule has 3 aliphatic heterocycles. The highest BCUT2D eigenvalue weighted by Crippen LogP contribution is 2.44. The van der Waals surface area contributed by atoms with Gasteiger partial charge in [0.2, 0.25) is 5.91 Å². The summed E-state index contributed by atoms with van der Waals surface area (Å²) in [4.78, 5) is 49.4. The van der Waals surface area contributed by atoms with E-state index in [-0.39, 0.29) is 48.9 Å². The molecule has 42 heavy (non-hydrogen) atoms. The minimum absolute atomic E-state index is 0.0330. The monoisotopic (exact) mass is 605 g/mol. The average molecular weight is 606 g/mol. The van der Waals surface area contributed by atoms with Gasteiger partial charge < -0.3 is 20.1 Å². The van der Waals surface area contributed by atoms with Crippen molar-refractivity contribution >= 4 is 35.0 Å². The number of nitrogens with one attached hydrogen (secondary N) is 1. The average Bonchev–Trinajstić information content (AvgIpc) is 3.63. The minimum Gasteiger partial charge on any atom is -0.481 e. The highest BCUT2D eigenvalue weighted by molar-refractivity contribution is 7.11. The van der Waals surface area contributed by atoms with E-state index in [0.717, 1.165) is 0 Å². The fourth-order valence-electron chi connectivity index (χ4n) is 5.77. The fourth-order valence-corrected chi connectivity index (χ4v) is 6.36. The number of likely N-dealkylation sites (tertiary alicyclic amines) is 2. The molecule has 0 aliphatic carbocycles. The Balaban J connectivity index is 1.56. The summed E-state index contributed by atoms with van der Waals surface area (Å²) in [5.41, 5.74) is 0.938. The molecule has 1 aromatic carbocycles. The van der Waals surface area contributed by atoms with E-state index in [0.29, 0.717) is 10.6 Å². The standard InChI is InChI=1S/C28H30F3N5O5S/c1-4-41-27(40)20-18(11-36-13-28(30,31)21-19(36)12-35(25(21)37)10-14(2)26(38)39)33-23(24-32-8-9-42-24)34-22(20)16-6-5-7-17(29)15(16)3/h5-9,14,19,21-22H,4,10-13H2,1-3H3,(H,33,34)(H,38,39)/t14-,19-,21?,22-/m0/s1. The van der Waals surface area contributed by atoms with E-state index in [2.05, 4.69) is 10.3 Å². The highest BCUT2D eigenvalue weighted by atomic mass is 32.1. The maximum Gasteiger partial charge on any atom is 0.338 e. The van der Waals surface area contributed by atoms with Gasteiger partial charge in [-0.2, -0.15) is 0 Å². The second kappa shape index (κ2) is 11.5. The molecule has 0 radical (unpaired) electrons. The molecule has 3 aliphatic rings. The maximum atomic E-state index is 15.3. The van der Waals surface area contributed by atoms with Gasteiger partial charge in [0.15, 0.2) is 10.8 Å². The lowest BCUT2D eigenvalue weighted by molar-refractivity contribution is -0.145. The van der Waals surface area contributed by atoms with Crippen molar-refractivity contribution in [1.82, 2.24) is 20.1 Å². The Morgan fingerprint density at radius 2 is 2.10 bits per heavy atom. The summed E-state index contributed by atoms with van der Waals surface area (Å²) in [6, 6.07) is 2.49. The zero-order chi connectivity index (χ0) is 30.3. The Kier molecular flexibility index (Phi) is 8.12. The zero-order valence-electron chi connectivity index (χ0n) is 23.1. The zero-order valence-corrected chi connectivity index (χ0v) is 24.0. The summed E-state index contributed by atoms with van der Waals surface area (Å²) in [7, 11) is 0. The van der Waals surface area contributed by atoms with E-state index < -0.39 is 60.0 Å². The van der Waals surface area contributed by atoms with Crippen LogP contribution in [-0.4, -0.2) is 88.3 Å². The van der Waals surface area contributed by atoms with Crippen LogP contribution in [-0.2, 0) is 19.1 Å². The summed E-state index contributed by atoms with van der Waals surface area (Å²) >= 11 is 1.27. The van der Waals surface area contributed by atoms with Gasteiger partial charge in [0.05, 0.1) is 24.6 Å². The Morgan fingerprint density at radius 1 is 1.33 bits per heavy atom. The molecule has 2 aromatic rings. The van der Waals surface area contributed by atoms with Gasteiger partial charge in [0.25, 0.3) is 5.92 Å². The molecule has 0 spiro atoms. The van der Waals surface area contributed by atoms with Crippen LogP contribution in [0.3, 0.4) is 0 Å². The summed E-state index contributed by atoms with van der Waals surface area (Å²) in [5, 5.41) is 14.6. The Morgan fingerprint density at radius 3 is 2.76 bits per heavy atom. The molecule has 2 N–H and O–H groups in total. The molecule has 5 rings (SSSR count). The molecule has 4 heterocycles. The van der Waals surface area contributed by atoms with E-state index >= 15 is 8.78 Å². The molecular formula is C28H30F3N5O5S. The number of ether oxygens (including phenoxy) is 1. The predicted molar refractivity (Wildman–Crippen MR) is 147 cm³/mol. The number of hydrogen-bond acceptors (Lipinski definition) is 9. The van der Waals surface area contributed by atoms with Crippen molar-refractivity contribution in [2.45, 2.75) is 38.8 Å². The minimum atomic E-state index is -3.38. The van der Waals surface area contributed by atoms with Crippen LogP contribution in [0.15, 0.2) is 46.0 Å². The molecule has 4 atom stereocenters. The largest absolute Gasteiger partial charge is 0.481 e. The van der Waals surface area contributed by atoms with E-state index in [1.165, 1.54) is 40.2 Å². The number of benzene rings is 1. The van der Waals surface area contributed by atoms with Crippen LogP contribution < -0.4 is 5.32 Å². The number of rotatable bonds is 9. The van der Waals surface area contributed by atoms with Gasteiger partial charge in [0.1, 0.15) is 17.8 Å². The first kappa shape index (κ1) is 29.7. The van der Waals surface area contributed by atoms with Gasteiger partial charge in [-0.05, 0) is 31.0 Å². The molecule has 224 valence electrons. The second-order valence-electron chi connectivity index (χ2n) is 10.6. The Labute approximate surface area is 243 Å². The number of carbonyl (C=O) groups excluding carboxylic acids is 2. The summed E-state index contributed by atoms with van der Waals surface area (Å²) < 4.78 is 50.7. The van der Waals surface area contributed by atoms with Gasteiger partial charge in [-0.25, -0.2) is 22.9 Å². The Bertz CT molecular complexity index is 1460. The quantitative estimate of drug-likeness (QED) is 0.418. The van der Waals surface area contributed by atoms with Crippen molar-refractivity contribution in [3.05, 3.63) is 63.0 Å². The molecule has 10 nitrogen and oxygen atoms in total. The number of aliphatic carboxylic acids is 1. The van der Waals surface area contributed by atoms with Crippen molar-refractivity contribution in [2.24, 2.45) is 16.8 Å². The lowest BCUT2D eigenvalue weighted by Gasteiger charge is -2.31.